The molecule has 0 fully saturated rings. The van der Waals surface area contributed by atoms with E-state index < -0.39 is 0 Å². The van der Waals surface area contributed by atoms with Crippen molar-refractivity contribution in [2.75, 3.05) is 0 Å². The summed E-state index contributed by atoms with van der Waals surface area (Å²) in [6.45, 7) is 4.79. The lowest BCUT2D eigenvalue weighted by Crippen LogP contribution is -2.15. The molecule has 0 radical (unpaired) electrons. The fourth-order valence-corrected chi connectivity index (χ4v) is 6.05. The lowest BCUT2D eigenvalue weighted by molar-refractivity contribution is 0.666. The van der Waals surface area contributed by atoms with Crippen LogP contribution < -0.4 is 0 Å². The summed E-state index contributed by atoms with van der Waals surface area (Å²) < 4.78 is 0. The highest BCUT2D eigenvalue weighted by molar-refractivity contribution is 6.00. The zero-order chi connectivity index (χ0) is 20.0. The van der Waals surface area contributed by atoms with Gasteiger partial charge in [-0.15, -0.1) is 0 Å². The minimum atomic E-state index is 0.000160. The molecule has 2 aliphatic carbocycles. The van der Waals surface area contributed by atoms with Gasteiger partial charge in [0.1, 0.15) is 0 Å². The molecule has 0 heterocycles. The van der Waals surface area contributed by atoms with Gasteiger partial charge >= 0.3 is 0 Å². The van der Waals surface area contributed by atoms with Gasteiger partial charge in [0.25, 0.3) is 0 Å². The summed E-state index contributed by atoms with van der Waals surface area (Å²) in [6, 6.07) is 31.9. The van der Waals surface area contributed by atoms with Crippen LogP contribution in [-0.2, 0) is 11.8 Å². The van der Waals surface area contributed by atoms with Crippen molar-refractivity contribution in [1.82, 2.24) is 0 Å². The van der Waals surface area contributed by atoms with Crippen LogP contribution >= 0.6 is 0 Å². The Kier molecular flexibility index (Phi) is 2.96. The maximum absolute atomic E-state index is 2.50. The normalized spacial score (nSPS) is 15.1. The van der Waals surface area contributed by atoms with E-state index in [0.29, 0.717) is 0 Å². The quantitative estimate of drug-likeness (QED) is 0.251. The van der Waals surface area contributed by atoms with Gasteiger partial charge in [-0.25, -0.2) is 0 Å². The van der Waals surface area contributed by atoms with E-state index in [-0.39, 0.29) is 5.41 Å². The van der Waals surface area contributed by atoms with Gasteiger partial charge in [0.15, 0.2) is 0 Å². The smallest absolute Gasteiger partial charge is 0.0165 e. The van der Waals surface area contributed by atoms with E-state index in [2.05, 4.69) is 98.8 Å². The van der Waals surface area contributed by atoms with Gasteiger partial charge in [0.05, 0.1) is 0 Å². The number of hydrogen-bond acceptors (Lipinski definition) is 0. The number of fused-ring (bicyclic) bond motifs is 10. The van der Waals surface area contributed by atoms with Crippen molar-refractivity contribution in [2.45, 2.75) is 25.7 Å². The predicted octanol–water partition coefficient (Wildman–Crippen LogP) is 7.87. The van der Waals surface area contributed by atoms with Crippen molar-refractivity contribution in [3.63, 3.8) is 0 Å². The molecule has 7 rings (SSSR count). The third-order valence-corrected chi connectivity index (χ3v) is 7.46. The highest BCUT2D eigenvalue weighted by Gasteiger charge is 2.38. The Morgan fingerprint density at radius 2 is 1.27 bits per heavy atom. The number of rotatable bonds is 0. The van der Waals surface area contributed by atoms with E-state index in [1.165, 1.54) is 66.1 Å². The molecule has 0 unspecified atom stereocenters. The van der Waals surface area contributed by atoms with Gasteiger partial charge in [-0.3, -0.25) is 0 Å². The van der Waals surface area contributed by atoms with Crippen LogP contribution in [0, 0.1) is 0 Å². The molecule has 0 bridgehead atoms. The van der Waals surface area contributed by atoms with Crippen molar-refractivity contribution < 1.29 is 0 Å². The maximum atomic E-state index is 2.50. The van der Waals surface area contributed by atoms with E-state index in [4.69, 9.17) is 0 Å². The molecule has 30 heavy (non-hydrogen) atoms. The molecule has 5 aromatic carbocycles. The predicted molar refractivity (Wildman–Crippen MR) is 127 cm³/mol. The van der Waals surface area contributed by atoms with E-state index >= 15 is 0 Å². The summed E-state index contributed by atoms with van der Waals surface area (Å²) in [5.74, 6) is 0. The Balaban J connectivity index is 1.51. The molecule has 0 aromatic heterocycles. The molecular formula is C30H22. The number of benzene rings is 5. The molecule has 5 aromatic rings. The summed E-state index contributed by atoms with van der Waals surface area (Å²) >= 11 is 0. The first-order valence-electron chi connectivity index (χ1n) is 10.8. The van der Waals surface area contributed by atoms with Gasteiger partial charge in [-0.1, -0.05) is 86.6 Å². The summed E-state index contributed by atoms with van der Waals surface area (Å²) in [7, 11) is 0. The van der Waals surface area contributed by atoms with Crippen molar-refractivity contribution in [2.24, 2.45) is 0 Å². The van der Waals surface area contributed by atoms with E-state index in [1.54, 1.807) is 0 Å². The second kappa shape index (κ2) is 5.40. The van der Waals surface area contributed by atoms with E-state index in [1.807, 2.05) is 0 Å². The molecule has 2 aliphatic rings. The first-order chi connectivity index (χ1) is 14.6. The average Bonchev–Trinajstić information content (AvgIpc) is 3.25. The van der Waals surface area contributed by atoms with Crippen LogP contribution in [0.5, 0.6) is 0 Å². The summed E-state index contributed by atoms with van der Waals surface area (Å²) in [5.41, 5.74) is 11.6. The van der Waals surface area contributed by atoms with Gasteiger partial charge in [0, 0.05) is 5.41 Å². The van der Waals surface area contributed by atoms with Crippen LogP contribution in [0.1, 0.15) is 36.1 Å². The van der Waals surface area contributed by atoms with E-state index in [9.17, 15) is 0 Å². The van der Waals surface area contributed by atoms with Gasteiger partial charge in [-0.05, 0) is 84.6 Å². The van der Waals surface area contributed by atoms with Gasteiger partial charge < -0.3 is 0 Å². The fourth-order valence-electron chi connectivity index (χ4n) is 6.05. The Hall–Kier alpha value is -3.38. The zero-order valence-corrected chi connectivity index (χ0v) is 17.3. The topological polar surface area (TPSA) is 0 Å². The standard InChI is InChI=1S/C30H22/c1-30(2)28-17-25-20(15-26-21-9-5-3-7-18(21)11-13-23(25)26)16-27(28)24-14-12-19-8-4-6-10-22(19)29(24)30/h3-14,16-17H,15H2,1-2H3. The van der Waals surface area contributed by atoms with E-state index in [0.717, 1.165) is 6.42 Å². The molecule has 0 aliphatic heterocycles. The Labute approximate surface area is 176 Å². The largest absolute Gasteiger partial charge is 0.0616 e. The summed E-state index contributed by atoms with van der Waals surface area (Å²) in [4.78, 5) is 0. The highest BCUT2D eigenvalue weighted by Crippen LogP contribution is 2.54. The van der Waals surface area contributed by atoms with Crippen LogP contribution in [0.15, 0.2) is 84.9 Å². The minimum Gasteiger partial charge on any atom is -0.0616 e. The monoisotopic (exact) mass is 382 g/mol. The zero-order valence-electron chi connectivity index (χ0n) is 17.3. The first kappa shape index (κ1) is 16.4. The molecular weight excluding hydrogens is 360 g/mol. The molecule has 0 nitrogen and oxygen atoms in total. The highest BCUT2D eigenvalue weighted by atomic mass is 14.4. The Bertz CT molecular complexity index is 1530. The summed E-state index contributed by atoms with van der Waals surface area (Å²) in [6.07, 6.45) is 1.03. The number of hydrogen-bond donors (Lipinski definition) is 0. The Morgan fingerprint density at radius 1 is 0.600 bits per heavy atom. The lowest BCUT2D eigenvalue weighted by atomic mass is 9.79. The van der Waals surface area contributed by atoms with Crippen molar-refractivity contribution in [3.05, 3.63) is 107 Å². The maximum Gasteiger partial charge on any atom is 0.0165 e. The molecule has 0 spiro atoms. The molecule has 0 amide bonds. The summed E-state index contributed by atoms with van der Waals surface area (Å²) in [5, 5.41) is 5.47. The third kappa shape index (κ3) is 1.92. The molecule has 0 saturated carbocycles. The van der Waals surface area contributed by atoms with Crippen LogP contribution in [0.4, 0.5) is 0 Å². The average molecular weight is 383 g/mol. The van der Waals surface area contributed by atoms with Gasteiger partial charge in [0.2, 0.25) is 0 Å². The van der Waals surface area contributed by atoms with Crippen LogP contribution in [0.2, 0.25) is 0 Å². The molecule has 0 atom stereocenters. The SMILES string of the molecule is CC1(C)c2cc3c(cc2-c2ccc4ccccc4c21)Cc1c-3ccc2ccccc12. The molecule has 142 valence electrons. The van der Waals surface area contributed by atoms with Crippen molar-refractivity contribution in [3.8, 4) is 22.3 Å². The van der Waals surface area contributed by atoms with Crippen LogP contribution in [0.25, 0.3) is 43.8 Å². The second-order valence-electron chi connectivity index (χ2n) is 9.38. The molecule has 0 N–H and O–H groups in total. The second-order valence-corrected chi connectivity index (χ2v) is 9.38. The first-order valence-corrected chi connectivity index (χ1v) is 10.8. The minimum absolute atomic E-state index is 0.000160. The van der Waals surface area contributed by atoms with Crippen molar-refractivity contribution in [1.29, 1.82) is 0 Å². The van der Waals surface area contributed by atoms with Crippen LogP contribution in [0.3, 0.4) is 0 Å². The molecule has 0 heteroatoms. The Morgan fingerprint density at radius 3 is 2.07 bits per heavy atom. The third-order valence-electron chi connectivity index (χ3n) is 7.46. The van der Waals surface area contributed by atoms with Crippen molar-refractivity contribution >= 4 is 21.5 Å². The van der Waals surface area contributed by atoms with Crippen LogP contribution in [-0.4, -0.2) is 0 Å². The lowest BCUT2D eigenvalue weighted by Gasteiger charge is -2.23. The molecule has 0 saturated heterocycles. The fraction of sp³-hybridized carbons (Fsp3) is 0.133. The van der Waals surface area contributed by atoms with Gasteiger partial charge in [-0.2, -0.15) is 0 Å².